The average molecular weight is 524 g/mol. The van der Waals surface area contributed by atoms with Crippen molar-refractivity contribution < 1.29 is 14.3 Å². The lowest BCUT2D eigenvalue weighted by Crippen LogP contribution is -2.39. The molecule has 0 spiro atoms. The summed E-state index contributed by atoms with van der Waals surface area (Å²) in [4.78, 5) is 35.0. The minimum Gasteiger partial charge on any atom is -0.456 e. The molecule has 0 fully saturated rings. The van der Waals surface area contributed by atoms with Gasteiger partial charge in [0.1, 0.15) is 5.60 Å². The Labute approximate surface area is 221 Å². The van der Waals surface area contributed by atoms with Crippen molar-refractivity contribution in [3.63, 3.8) is 0 Å². The first kappa shape index (κ1) is 26.0. The van der Waals surface area contributed by atoms with Crippen molar-refractivity contribution in [2.24, 2.45) is 4.99 Å². The number of esters is 1. The topological polar surface area (TPSA) is 62.2 Å². The van der Waals surface area contributed by atoms with E-state index in [-0.39, 0.29) is 12.3 Å². The summed E-state index contributed by atoms with van der Waals surface area (Å²) in [5, 5.41) is 3.28. The molecule has 188 valence electrons. The van der Waals surface area contributed by atoms with Gasteiger partial charge in [-0.3, -0.25) is 4.79 Å². The van der Waals surface area contributed by atoms with Crippen LogP contribution in [0.2, 0.25) is 5.02 Å². The maximum atomic E-state index is 13.4. The number of amidine groups is 1. The second-order valence-corrected chi connectivity index (χ2v) is 11.1. The summed E-state index contributed by atoms with van der Waals surface area (Å²) in [5.74, 6) is -0.446. The van der Waals surface area contributed by atoms with Crippen LogP contribution in [0.3, 0.4) is 0 Å². The molecule has 36 heavy (non-hydrogen) atoms. The number of carbonyl (C=O) groups is 2. The van der Waals surface area contributed by atoms with Gasteiger partial charge in [-0.2, -0.15) is 0 Å². The van der Waals surface area contributed by atoms with Crippen LogP contribution in [0.5, 0.6) is 0 Å². The van der Waals surface area contributed by atoms with Gasteiger partial charge in [-0.05, 0) is 56.4 Å². The lowest BCUT2D eigenvalue weighted by atomic mass is 9.93. The molecule has 0 unspecified atom stereocenters. The van der Waals surface area contributed by atoms with Crippen molar-refractivity contribution >= 4 is 40.4 Å². The summed E-state index contributed by atoms with van der Waals surface area (Å²) in [6.45, 7) is 7.86. The largest absolute Gasteiger partial charge is 0.456 e. The number of benzene rings is 2. The third-order valence-electron chi connectivity index (χ3n) is 5.83. The first-order valence-electron chi connectivity index (χ1n) is 11.7. The van der Waals surface area contributed by atoms with Crippen LogP contribution in [0.4, 0.5) is 0 Å². The van der Waals surface area contributed by atoms with Crippen molar-refractivity contribution in [3.8, 4) is 0 Å². The van der Waals surface area contributed by atoms with Crippen LogP contribution >= 0.6 is 23.4 Å². The van der Waals surface area contributed by atoms with Gasteiger partial charge in [-0.1, -0.05) is 65.8 Å². The molecule has 8 heteroatoms. The molecular weight excluding hydrogens is 494 g/mol. The maximum Gasteiger partial charge on any atom is 0.338 e. The number of nitrogens with zero attached hydrogens (tertiary/aromatic N) is 3. The number of hydrogen-bond acceptors (Lipinski definition) is 6. The van der Waals surface area contributed by atoms with E-state index in [0.29, 0.717) is 22.8 Å². The average Bonchev–Trinajstić information content (AvgIpc) is 3.20. The van der Waals surface area contributed by atoms with E-state index < -0.39 is 17.6 Å². The first-order valence-corrected chi connectivity index (χ1v) is 13.0. The molecule has 0 bridgehead atoms. The number of aliphatic imine (C=N–C) groups is 1. The minimum atomic E-state index is -0.659. The molecule has 0 aromatic heterocycles. The van der Waals surface area contributed by atoms with Crippen LogP contribution in [0, 0.1) is 0 Å². The molecule has 0 radical (unpaired) electrons. The van der Waals surface area contributed by atoms with E-state index in [0.717, 1.165) is 22.0 Å². The van der Waals surface area contributed by atoms with Crippen LogP contribution in [0.1, 0.15) is 51.3 Å². The van der Waals surface area contributed by atoms with E-state index in [1.165, 1.54) is 11.8 Å². The number of amides is 1. The van der Waals surface area contributed by atoms with Gasteiger partial charge in [0.25, 0.3) is 0 Å². The Morgan fingerprint density at radius 1 is 1.11 bits per heavy atom. The molecular formula is C28H30ClN3O3S. The number of hydrogen-bond donors (Lipinski definition) is 0. The number of halogens is 1. The molecule has 1 atom stereocenters. The fraction of sp³-hybridized carbons (Fsp3) is 0.321. The normalized spacial score (nSPS) is 17.4. The highest BCUT2D eigenvalue weighted by Gasteiger charge is 2.42. The summed E-state index contributed by atoms with van der Waals surface area (Å²) in [6, 6.07) is 16.8. The highest BCUT2D eigenvalue weighted by molar-refractivity contribution is 8.16. The summed E-state index contributed by atoms with van der Waals surface area (Å²) in [6.07, 6.45) is 0.181. The van der Waals surface area contributed by atoms with Gasteiger partial charge >= 0.3 is 5.97 Å². The molecule has 6 nitrogen and oxygen atoms in total. The van der Waals surface area contributed by atoms with Gasteiger partial charge in [0.2, 0.25) is 5.91 Å². The van der Waals surface area contributed by atoms with Crippen molar-refractivity contribution in [2.45, 2.75) is 52.3 Å². The van der Waals surface area contributed by atoms with Gasteiger partial charge in [-0.25, -0.2) is 9.79 Å². The third-order valence-corrected chi connectivity index (χ3v) is 6.97. The van der Waals surface area contributed by atoms with Gasteiger partial charge < -0.3 is 14.5 Å². The zero-order valence-corrected chi connectivity index (χ0v) is 22.7. The number of rotatable bonds is 6. The van der Waals surface area contributed by atoms with Crippen LogP contribution < -0.4 is 0 Å². The Hall–Kier alpha value is -3.03. The quantitative estimate of drug-likeness (QED) is 0.415. The van der Waals surface area contributed by atoms with Crippen molar-refractivity contribution in [2.75, 3.05) is 7.05 Å². The second kappa shape index (κ2) is 10.5. The molecule has 0 N–H and O–H groups in total. The van der Waals surface area contributed by atoms with Crippen molar-refractivity contribution in [1.82, 2.24) is 9.80 Å². The van der Waals surface area contributed by atoms with Crippen molar-refractivity contribution in [1.29, 1.82) is 0 Å². The molecule has 2 aliphatic heterocycles. The maximum absolute atomic E-state index is 13.4. The number of carbonyl (C=O) groups excluding carboxylic acids is 2. The first-order chi connectivity index (χ1) is 17.0. The number of fused-ring (bicyclic) bond motifs is 1. The van der Waals surface area contributed by atoms with Crippen molar-refractivity contribution in [3.05, 3.63) is 93.1 Å². The standard InChI is InChI=1S/C28H30ClN3O3S/c1-18-24(26(34)35-28(2,3)4)25(20-11-13-21(29)14-12-20)32-22(17-36-27(32)30-18)15-23(33)31(5)16-19-9-7-6-8-10-19/h6-14,17,25H,15-16H2,1-5H3/t25-/m0/s1. The van der Waals surface area contributed by atoms with Gasteiger partial charge in [-0.15, -0.1) is 0 Å². The third kappa shape index (κ3) is 5.85. The predicted molar refractivity (Wildman–Crippen MR) is 145 cm³/mol. The predicted octanol–water partition coefficient (Wildman–Crippen LogP) is 6.31. The zero-order chi connectivity index (χ0) is 26.0. The summed E-state index contributed by atoms with van der Waals surface area (Å²) >= 11 is 7.62. The molecule has 2 heterocycles. The SMILES string of the molecule is CC1=C(C(=O)OC(C)(C)C)[C@H](c2ccc(Cl)cc2)N2C(CC(=O)N(C)Cc3ccccc3)=CSC2=N1. The summed E-state index contributed by atoms with van der Waals surface area (Å²) in [7, 11) is 1.80. The van der Waals surface area contributed by atoms with E-state index in [1.54, 1.807) is 24.1 Å². The molecule has 2 aliphatic rings. The fourth-order valence-electron chi connectivity index (χ4n) is 4.16. The van der Waals surface area contributed by atoms with E-state index in [2.05, 4.69) is 0 Å². The highest BCUT2D eigenvalue weighted by Crippen LogP contribution is 2.45. The second-order valence-electron chi connectivity index (χ2n) is 9.86. The fourth-order valence-corrected chi connectivity index (χ4v) is 5.25. The zero-order valence-electron chi connectivity index (χ0n) is 21.1. The van der Waals surface area contributed by atoms with Crippen LogP contribution in [-0.4, -0.2) is 39.5 Å². The number of allylic oxidation sites excluding steroid dienone is 1. The Balaban J connectivity index is 1.65. The molecule has 0 saturated heterocycles. The van der Waals surface area contributed by atoms with Crippen LogP contribution in [0.25, 0.3) is 0 Å². The molecule has 1 amide bonds. The molecule has 4 rings (SSSR count). The van der Waals surface area contributed by atoms with E-state index >= 15 is 0 Å². The monoisotopic (exact) mass is 523 g/mol. The van der Waals surface area contributed by atoms with Gasteiger partial charge in [0.15, 0.2) is 5.17 Å². The molecule has 0 aliphatic carbocycles. The lowest BCUT2D eigenvalue weighted by molar-refractivity contribution is -0.150. The van der Waals surface area contributed by atoms with Crippen LogP contribution in [0.15, 0.2) is 82.0 Å². The molecule has 0 saturated carbocycles. The summed E-state index contributed by atoms with van der Waals surface area (Å²) < 4.78 is 5.77. The lowest BCUT2D eigenvalue weighted by Gasteiger charge is -2.37. The molecule has 2 aromatic carbocycles. The Morgan fingerprint density at radius 2 is 1.78 bits per heavy atom. The molecule has 2 aromatic rings. The minimum absolute atomic E-state index is 0.0214. The number of thioether (sulfide) groups is 1. The van der Waals surface area contributed by atoms with Gasteiger partial charge in [0, 0.05) is 24.3 Å². The van der Waals surface area contributed by atoms with Gasteiger partial charge in [0.05, 0.1) is 23.7 Å². The van der Waals surface area contributed by atoms with Crippen LogP contribution in [-0.2, 0) is 20.9 Å². The Morgan fingerprint density at radius 3 is 2.42 bits per heavy atom. The number of ether oxygens (including phenoxy) is 1. The summed E-state index contributed by atoms with van der Waals surface area (Å²) in [5.41, 5.74) is 3.11. The van der Waals surface area contributed by atoms with E-state index in [1.807, 2.05) is 80.5 Å². The Bertz CT molecular complexity index is 1250. The Kier molecular flexibility index (Phi) is 7.62. The van der Waals surface area contributed by atoms with E-state index in [9.17, 15) is 9.59 Å². The highest BCUT2D eigenvalue weighted by atomic mass is 35.5. The smallest absolute Gasteiger partial charge is 0.338 e. The van der Waals surface area contributed by atoms with E-state index in [4.69, 9.17) is 21.3 Å².